The zero-order chi connectivity index (χ0) is 22.6. The maximum absolute atomic E-state index is 13.3. The van der Waals surface area contributed by atoms with E-state index in [1.165, 1.54) is 42.4 Å². The second kappa shape index (κ2) is 9.22. The smallest absolute Gasteiger partial charge is 0.242 e. The molecule has 0 aliphatic carbocycles. The average Bonchev–Trinajstić information content (AvgIpc) is 3.30. The van der Waals surface area contributed by atoms with Crippen LogP contribution in [0.2, 0.25) is 0 Å². The molecule has 0 radical (unpaired) electrons. The standard InChI is InChI=1S/C25H18FN5OS/c26-18-11-13-19(14-12-18)30-24(32)22(17-7-3-1-4-8-17)33-25-21-15-29-31(23(21)27-16-28-25)20-9-5-2-6-10-20/h1-16,22H,(H,30,32). The van der Waals surface area contributed by atoms with Gasteiger partial charge in [-0.05, 0) is 42.0 Å². The summed E-state index contributed by atoms with van der Waals surface area (Å²) in [5.74, 6) is -0.596. The molecule has 1 unspecified atom stereocenters. The second-order valence-corrected chi connectivity index (χ2v) is 8.31. The molecule has 1 atom stereocenters. The van der Waals surface area contributed by atoms with Gasteiger partial charge < -0.3 is 5.32 Å². The fourth-order valence-corrected chi connectivity index (χ4v) is 4.49. The first kappa shape index (κ1) is 20.8. The van der Waals surface area contributed by atoms with Crippen LogP contribution < -0.4 is 5.32 Å². The van der Waals surface area contributed by atoms with Crippen molar-refractivity contribution in [2.24, 2.45) is 0 Å². The Hall–Kier alpha value is -4.04. The second-order valence-electron chi connectivity index (χ2n) is 7.21. The van der Waals surface area contributed by atoms with Crippen molar-refractivity contribution in [1.29, 1.82) is 0 Å². The zero-order valence-electron chi connectivity index (χ0n) is 17.3. The Kier molecular flexibility index (Phi) is 5.82. The first-order chi connectivity index (χ1) is 16.2. The molecule has 162 valence electrons. The molecule has 1 amide bonds. The normalized spacial score (nSPS) is 11.9. The number of para-hydroxylation sites is 1. The fraction of sp³-hybridized carbons (Fsp3) is 0.0400. The SMILES string of the molecule is O=C(Nc1ccc(F)cc1)C(Sc1ncnc2c1cnn2-c1ccccc1)c1ccccc1. The van der Waals surface area contributed by atoms with Crippen LogP contribution in [0.4, 0.5) is 10.1 Å². The number of nitrogens with zero attached hydrogens (tertiary/aromatic N) is 4. The predicted octanol–water partition coefficient (Wildman–Crippen LogP) is 5.43. The first-order valence-corrected chi connectivity index (χ1v) is 11.1. The van der Waals surface area contributed by atoms with Crippen LogP contribution in [0.15, 0.2) is 102 Å². The Bertz CT molecular complexity index is 1390. The minimum atomic E-state index is -0.588. The van der Waals surface area contributed by atoms with Crippen molar-refractivity contribution >= 4 is 34.4 Å². The number of carbonyl (C=O) groups excluding carboxylic acids is 1. The third kappa shape index (κ3) is 4.47. The van der Waals surface area contributed by atoms with Crippen LogP contribution in [0, 0.1) is 5.82 Å². The maximum Gasteiger partial charge on any atom is 0.242 e. The van der Waals surface area contributed by atoms with Crippen molar-refractivity contribution in [3.05, 3.63) is 109 Å². The van der Waals surface area contributed by atoms with Crippen molar-refractivity contribution in [2.75, 3.05) is 5.32 Å². The molecule has 6 nitrogen and oxygen atoms in total. The van der Waals surface area contributed by atoms with E-state index in [0.717, 1.165) is 16.6 Å². The molecule has 0 saturated carbocycles. The Balaban J connectivity index is 1.50. The number of hydrogen-bond donors (Lipinski definition) is 1. The fourth-order valence-electron chi connectivity index (χ4n) is 3.43. The number of rotatable bonds is 6. The molecule has 2 heterocycles. The van der Waals surface area contributed by atoms with Crippen LogP contribution in [-0.4, -0.2) is 25.7 Å². The topological polar surface area (TPSA) is 72.7 Å². The molecule has 0 bridgehead atoms. The number of halogens is 1. The van der Waals surface area contributed by atoms with E-state index >= 15 is 0 Å². The third-order valence-corrected chi connectivity index (χ3v) is 6.28. The number of benzene rings is 3. The van der Waals surface area contributed by atoms with Gasteiger partial charge in [0.05, 0.1) is 17.3 Å². The number of anilines is 1. The lowest BCUT2D eigenvalue weighted by atomic mass is 10.1. The lowest BCUT2D eigenvalue weighted by Crippen LogP contribution is -2.19. The van der Waals surface area contributed by atoms with E-state index in [9.17, 15) is 9.18 Å². The molecule has 0 aliphatic heterocycles. The van der Waals surface area contributed by atoms with E-state index in [1.54, 1.807) is 10.9 Å². The van der Waals surface area contributed by atoms with E-state index in [2.05, 4.69) is 20.4 Å². The average molecular weight is 456 g/mol. The highest BCUT2D eigenvalue weighted by atomic mass is 32.2. The number of amides is 1. The lowest BCUT2D eigenvalue weighted by molar-refractivity contribution is -0.115. The van der Waals surface area contributed by atoms with Gasteiger partial charge in [0.2, 0.25) is 5.91 Å². The van der Waals surface area contributed by atoms with Crippen molar-refractivity contribution in [3.63, 3.8) is 0 Å². The molecule has 8 heteroatoms. The Morgan fingerprint density at radius 1 is 0.909 bits per heavy atom. The highest BCUT2D eigenvalue weighted by Gasteiger charge is 2.25. The van der Waals surface area contributed by atoms with E-state index in [1.807, 2.05) is 60.7 Å². The Labute approximate surface area is 193 Å². The summed E-state index contributed by atoms with van der Waals surface area (Å²) >= 11 is 1.32. The summed E-state index contributed by atoms with van der Waals surface area (Å²) in [6.45, 7) is 0. The number of nitrogens with one attached hydrogen (secondary N) is 1. The first-order valence-electron chi connectivity index (χ1n) is 10.2. The van der Waals surface area contributed by atoms with Gasteiger partial charge in [0.1, 0.15) is 22.4 Å². The van der Waals surface area contributed by atoms with E-state index in [-0.39, 0.29) is 11.7 Å². The molecule has 0 aliphatic rings. The molecular formula is C25H18FN5OS. The van der Waals surface area contributed by atoms with Gasteiger partial charge >= 0.3 is 0 Å². The van der Waals surface area contributed by atoms with Crippen LogP contribution in [0.5, 0.6) is 0 Å². The molecule has 0 saturated heterocycles. The molecule has 33 heavy (non-hydrogen) atoms. The van der Waals surface area contributed by atoms with Crippen LogP contribution in [0.1, 0.15) is 10.8 Å². The summed E-state index contributed by atoms with van der Waals surface area (Å²) < 4.78 is 15.0. The lowest BCUT2D eigenvalue weighted by Gasteiger charge is -2.17. The highest BCUT2D eigenvalue weighted by Crippen LogP contribution is 2.38. The summed E-state index contributed by atoms with van der Waals surface area (Å²) in [6, 6.07) is 24.9. The number of hydrogen-bond acceptors (Lipinski definition) is 5. The monoisotopic (exact) mass is 455 g/mol. The van der Waals surface area contributed by atoms with Gasteiger partial charge in [-0.15, -0.1) is 0 Å². The van der Waals surface area contributed by atoms with Crippen molar-refractivity contribution in [3.8, 4) is 5.69 Å². The van der Waals surface area contributed by atoms with Gasteiger partial charge in [-0.25, -0.2) is 19.0 Å². The number of aromatic nitrogens is 4. The van der Waals surface area contributed by atoms with Gasteiger partial charge in [-0.2, -0.15) is 5.10 Å². The molecule has 5 rings (SSSR count). The molecule has 1 N–H and O–H groups in total. The van der Waals surface area contributed by atoms with Crippen LogP contribution in [0.25, 0.3) is 16.7 Å². The number of fused-ring (bicyclic) bond motifs is 1. The van der Waals surface area contributed by atoms with E-state index in [0.29, 0.717) is 16.4 Å². The largest absolute Gasteiger partial charge is 0.325 e. The van der Waals surface area contributed by atoms with Gasteiger partial charge in [-0.1, -0.05) is 60.3 Å². The van der Waals surface area contributed by atoms with Gasteiger partial charge in [0.25, 0.3) is 0 Å². The minimum absolute atomic E-state index is 0.236. The molecular weight excluding hydrogens is 437 g/mol. The summed E-state index contributed by atoms with van der Waals surface area (Å²) in [5, 5.41) is 8.18. The Morgan fingerprint density at radius 2 is 1.61 bits per heavy atom. The third-order valence-electron chi connectivity index (χ3n) is 5.01. The molecule has 0 fully saturated rings. The summed E-state index contributed by atoms with van der Waals surface area (Å²) in [7, 11) is 0. The summed E-state index contributed by atoms with van der Waals surface area (Å²) in [4.78, 5) is 22.1. The van der Waals surface area contributed by atoms with E-state index in [4.69, 9.17) is 0 Å². The van der Waals surface area contributed by atoms with Gasteiger partial charge in [0, 0.05) is 5.69 Å². The predicted molar refractivity (Wildman–Crippen MR) is 127 cm³/mol. The van der Waals surface area contributed by atoms with Crippen molar-refractivity contribution in [1.82, 2.24) is 19.7 Å². The van der Waals surface area contributed by atoms with Crippen molar-refractivity contribution in [2.45, 2.75) is 10.3 Å². The van der Waals surface area contributed by atoms with Crippen molar-refractivity contribution < 1.29 is 9.18 Å². The summed E-state index contributed by atoms with van der Waals surface area (Å²) in [6.07, 6.45) is 3.19. The molecule has 2 aromatic heterocycles. The quantitative estimate of drug-likeness (QED) is 0.273. The van der Waals surface area contributed by atoms with Gasteiger partial charge in [-0.3, -0.25) is 4.79 Å². The number of carbonyl (C=O) groups is 1. The highest BCUT2D eigenvalue weighted by molar-refractivity contribution is 8.00. The summed E-state index contributed by atoms with van der Waals surface area (Å²) in [5.41, 5.74) is 2.89. The maximum atomic E-state index is 13.3. The molecule has 0 spiro atoms. The van der Waals surface area contributed by atoms with Crippen LogP contribution in [0.3, 0.4) is 0 Å². The molecule has 3 aromatic carbocycles. The Morgan fingerprint density at radius 3 is 2.33 bits per heavy atom. The zero-order valence-corrected chi connectivity index (χ0v) is 18.1. The number of thioether (sulfide) groups is 1. The van der Waals surface area contributed by atoms with Crippen LogP contribution in [-0.2, 0) is 4.79 Å². The minimum Gasteiger partial charge on any atom is -0.325 e. The van der Waals surface area contributed by atoms with Crippen LogP contribution >= 0.6 is 11.8 Å². The van der Waals surface area contributed by atoms with Gasteiger partial charge in [0.15, 0.2) is 5.65 Å². The van der Waals surface area contributed by atoms with E-state index < -0.39 is 5.25 Å². The molecule has 5 aromatic rings.